The van der Waals surface area contributed by atoms with Crippen molar-refractivity contribution in [2.75, 3.05) is 55.9 Å². The van der Waals surface area contributed by atoms with E-state index in [1.807, 2.05) is 12.1 Å². The molecule has 246 valence electrons. The molecule has 0 saturated carbocycles. The largest absolute Gasteiger partial charge is 0.405 e. The van der Waals surface area contributed by atoms with Crippen LogP contribution in [0.25, 0.3) is 0 Å². The van der Waals surface area contributed by atoms with E-state index < -0.39 is 57.5 Å². The Morgan fingerprint density at radius 1 is 0.568 bits per heavy atom. The summed E-state index contributed by atoms with van der Waals surface area (Å²) in [5, 5.41) is 2.10. The number of methoxy groups -OCH3 is 6. The first kappa shape index (κ1) is 35.1. The van der Waals surface area contributed by atoms with Gasteiger partial charge in [0.15, 0.2) is 12.6 Å². The number of rotatable bonds is 14. The van der Waals surface area contributed by atoms with Crippen LogP contribution in [-0.4, -0.2) is 119 Å². The lowest BCUT2D eigenvalue weighted by Crippen LogP contribution is -2.68. The first-order valence-corrected chi connectivity index (χ1v) is 17.0. The first-order chi connectivity index (χ1) is 21.2. The Hall–Kier alpha value is -1.74. The second-order valence-electron chi connectivity index (χ2n) is 12.2. The molecule has 2 aliphatic heterocycles. The summed E-state index contributed by atoms with van der Waals surface area (Å²) in [7, 11) is 6.77. The zero-order valence-electron chi connectivity index (χ0n) is 27.5. The third kappa shape index (κ3) is 6.98. The van der Waals surface area contributed by atoms with Crippen LogP contribution in [0.15, 0.2) is 60.7 Å². The monoisotopic (exact) mass is 634 g/mol. The van der Waals surface area contributed by atoms with Crippen LogP contribution in [0.2, 0.25) is 5.04 Å². The molecule has 0 amide bonds. The minimum Gasteiger partial charge on any atom is -0.405 e. The molecule has 11 heteroatoms. The molecule has 0 aliphatic carbocycles. The van der Waals surface area contributed by atoms with Gasteiger partial charge in [0.1, 0.15) is 42.7 Å². The highest BCUT2D eigenvalue weighted by Crippen LogP contribution is 2.39. The van der Waals surface area contributed by atoms with E-state index in [9.17, 15) is 0 Å². The molecule has 0 bridgehead atoms. The second-order valence-corrected chi connectivity index (χ2v) is 16.5. The Kier molecular flexibility index (Phi) is 12.5. The summed E-state index contributed by atoms with van der Waals surface area (Å²) in [6, 6.07) is 21.0. The lowest BCUT2D eigenvalue weighted by molar-refractivity contribution is -0.332. The van der Waals surface area contributed by atoms with Crippen LogP contribution in [0.5, 0.6) is 0 Å². The summed E-state index contributed by atoms with van der Waals surface area (Å²) >= 11 is 0. The van der Waals surface area contributed by atoms with Gasteiger partial charge in [0.05, 0.1) is 13.2 Å². The molecule has 0 aromatic heterocycles. The van der Waals surface area contributed by atoms with Gasteiger partial charge >= 0.3 is 0 Å². The fraction of sp³-hybridized carbons (Fsp3) is 0.636. The molecule has 44 heavy (non-hydrogen) atoms. The Morgan fingerprint density at radius 2 is 1.05 bits per heavy atom. The van der Waals surface area contributed by atoms with E-state index in [2.05, 4.69) is 69.3 Å². The van der Waals surface area contributed by atoms with Crippen LogP contribution in [-0.2, 0) is 47.1 Å². The summed E-state index contributed by atoms with van der Waals surface area (Å²) in [4.78, 5) is 0. The highest BCUT2D eigenvalue weighted by molar-refractivity contribution is 6.99. The van der Waals surface area contributed by atoms with Crippen LogP contribution in [0.4, 0.5) is 0 Å². The molecule has 2 fully saturated rings. The highest BCUT2D eigenvalue weighted by Gasteiger charge is 2.55. The van der Waals surface area contributed by atoms with Crippen molar-refractivity contribution in [3.8, 4) is 0 Å². The maximum Gasteiger partial charge on any atom is 0.261 e. The first-order valence-electron chi connectivity index (χ1n) is 15.0. The van der Waals surface area contributed by atoms with E-state index in [-0.39, 0.29) is 17.7 Å². The van der Waals surface area contributed by atoms with Crippen molar-refractivity contribution in [2.24, 2.45) is 0 Å². The van der Waals surface area contributed by atoms with Crippen molar-refractivity contribution >= 4 is 18.7 Å². The normalized spacial score (nSPS) is 31.3. The van der Waals surface area contributed by atoms with Crippen LogP contribution in [0, 0.1) is 0 Å². The van der Waals surface area contributed by atoms with Crippen molar-refractivity contribution < 1.29 is 47.1 Å². The Balaban J connectivity index is 1.73. The van der Waals surface area contributed by atoms with Crippen LogP contribution in [0.1, 0.15) is 20.8 Å². The fourth-order valence-corrected chi connectivity index (χ4v) is 11.2. The predicted octanol–water partition coefficient (Wildman–Crippen LogP) is 2.75. The Morgan fingerprint density at radius 3 is 1.50 bits per heavy atom. The summed E-state index contributed by atoms with van der Waals surface area (Å²) in [5.74, 6) is 0. The summed E-state index contributed by atoms with van der Waals surface area (Å²) in [5.41, 5.74) is 0. The molecule has 4 rings (SSSR count). The number of benzene rings is 2. The molecule has 2 heterocycles. The minimum absolute atomic E-state index is 0.202. The van der Waals surface area contributed by atoms with Gasteiger partial charge in [-0.1, -0.05) is 81.4 Å². The van der Waals surface area contributed by atoms with Crippen LogP contribution >= 0.6 is 0 Å². The van der Waals surface area contributed by atoms with Gasteiger partial charge in [-0.05, 0) is 15.4 Å². The molecule has 0 radical (unpaired) electrons. The number of hydrogen-bond donors (Lipinski definition) is 0. The molecule has 2 aliphatic rings. The summed E-state index contributed by atoms with van der Waals surface area (Å²) < 4.78 is 61.5. The lowest BCUT2D eigenvalue weighted by Gasteiger charge is -2.48. The summed E-state index contributed by atoms with van der Waals surface area (Å²) in [6.07, 6.45) is -5.23. The average Bonchev–Trinajstić information content (AvgIpc) is 3.37. The van der Waals surface area contributed by atoms with Gasteiger partial charge in [-0.2, -0.15) is 0 Å². The maximum atomic E-state index is 7.28. The van der Waals surface area contributed by atoms with Crippen LogP contribution in [0.3, 0.4) is 0 Å². The molecule has 2 aromatic rings. The molecule has 9 atom stereocenters. The quantitative estimate of drug-likeness (QED) is 0.289. The third-order valence-corrected chi connectivity index (χ3v) is 13.7. The van der Waals surface area contributed by atoms with Crippen molar-refractivity contribution in [3.05, 3.63) is 60.7 Å². The van der Waals surface area contributed by atoms with E-state index in [0.29, 0.717) is 6.61 Å². The standard InChI is InChI=1S/C33H50O10Si/c1-33(2,3)44(22-16-12-10-13-17-22,23-18-14-11-15-19-23)40-21-25-27(28(36-6)30(38-8)31(39-9)41-25)43-32-29(37-7)26(35-5)24(42-32)20-34-4/h10-19,24-32H,20-21H2,1-9H3/t24-,25-,26-,27-,28+,29+,30-,31+,32-/m1/s1. The molecule has 2 saturated heterocycles. The molecule has 10 nitrogen and oxygen atoms in total. The number of ether oxygens (including phenoxy) is 9. The SMILES string of the molecule is COC[C@H]1O[C@H](O[C@H]2[C@H](OC)[C@@H](OC)[C@@H](OC)O[C@@H]2CO[Si](c2ccccc2)(c2ccccc2)C(C)(C)C)[C@@H](OC)[C@@H]1OC. The van der Waals surface area contributed by atoms with E-state index in [4.69, 9.17) is 47.1 Å². The molecule has 2 aromatic carbocycles. The van der Waals surface area contributed by atoms with Crippen molar-refractivity contribution in [2.45, 2.75) is 81.1 Å². The zero-order valence-corrected chi connectivity index (χ0v) is 28.5. The van der Waals surface area contributed by atoms with Crippen molar-refractivity contribution in [3.63, 3.8) is 0 Å². The van der Waals surface area contributed by atoms with Gasteiger partial charge in [-0.25, -0.2) is 0 Å². The van der Waals surface area contributed by atoms with Crippen molar-refractivity contribution in [1.29, 1.82) is 0 Å². The topological polar surface area (TPSA) is 92.3 Å². The predicted molar refractivity (Wildman–Crippen MR) is 168 cm³/mol. The third-order valence-electron chi connectivity index (χ3n) is 8.68. The van der Waals surface area contributed by atoms with Gasteiger partial charge in [-0.15, -0.1) is 0 Å². The Bertz CT molecular complexity index is 1080. The zero-order chi connectivity index (χ0) is 31.9. The molecule has 0 spiro atoms. The van der Waals surface area contributed by atoms with Crippen molar-refractivity contribution in [1.82, 2.24) is 0 Å². The lowest BCUT2D eigenvalue weighted by atomic mass is 9.98. The molecule has 0 unspecified atom stereocenters. The maximum absolute atomic E-state index is 7.28. The van der Waals surface area contributed by atoms with Gasteiger partial charge in [0.25, 0.3) is 8.32 Å². The van der Waals surface area contributed by atoms with Gasteiger partial charge in [0.2, 0.25) is 0 Å². The van der Waals surface area contributed by atoms with E-state index >= 15 is 0 Å². The van der Waals surface area contributed by atoms with Crippen LogP contribution < -0.4 is 10.4 Å². The number of hydrogen-bond acceptors (Lipinski definition) is 10. The molecule has 0 N–H and O–H groups in total. The minimum atomic E-state index is -2.90. The van der Waals surface area contributed by atoms with Gasteiger partial charge < -0.3 is 47.1 Å². The second kappa shape index (κ2) is 15.7. The average molecular weight is 635 g/mol. The summed E-state index contributed by atoms with van der Waals surface area (Å²) in [6.45, 7) is 7.24. The fourth-order valence-electron chi connectivity index (χ4n) is 6.64. The molecular weight excluding hydrogens is 584 g/mol. The molecular formula is C33H50O10Si. The van der Waals surface area contributed by atoms with E-state index in [1.165, 1.54) is 0 Å². The van der Waals surface area contributed by atoms with E-state index in [1.54, 1.807) is 42.7 Å². The van der Waals surface area contributed by atoms with Gasteiger partial charge in [-0.3, -0.25) is 0 Å². The Labute approximate surface area is 263 Å². The van der Waals surface area contributed by atoms with Gasteiger partial charge in [0, 0.05) is 42.7 Å². The van der Waals surface area contributed by atoms with E-state index in [0.717, 1.165) is 10.4 Å². The smallest absolute Gasteiger partial charge is 0.261 e. The highest BCUT2D eigenvalue weighted by atomic mass is 28.4.